The molecule has 1 saturated heterocycles. The maximum absolute atomic E-state index is 15.8. The van der Waals surface area contributed by atoms with Crippen molar-refractivity contribution in [1.29, 1.82) is 0 Å². The van der Waals surface area contributed by atoms with Crippen molar-refractivity contribution in [3.8, 4) is 17.0 Å². The van der Waals surface area contributed by atoms with Gasteiger partial charge in [-0.15, -0.1) is 0 Å². The molecule has 1 fully saturated rings. The minimum atomic E-state index is -0.514. The second kappa shape index (κ2) is 10.7. The van der Waals surface area contributed by atoms with Crippen molar-refractivity contribution in [2.75, 3.05) is 31.7 Å². The lowest BCUT2D eigenvalue weighted by molar-refractivity contribution is -0.129. The Morgan fingerprint density at radius 1 is 1.24 bits per heavy atom. The molecule has 4 aromatic rings. The van der Waals surface area contributed by atoms with Gasteiger partial charge in [0.1, 0.15) is 11.3 Å². The minimum Gasteiger partial charge on any atom is -0.494 e. The van der Waals surface area contributed by atoms with E-state index < -0.39 is 5.82 Å². The summed E-state index contributed by atoms with van der Waals surface area (Å²) in [5.74, 6) is 0.0637. The molecule has 0 aliphatic carbocycles. The van der Waals surface area contributed by atoms with Gasteiger partial charge in [0, 0.05) is 38.3 Å². The molecule has 1 atom stereocenters. The molecule has 198 valence electrons. The third-order valence-electron chi connectivity index (χ3n) is 6.85. The molecule has 1 amide bonds. The number of aromatic nitrogens is 5. The number of hydrogen-bond donors (Lipinski definition) is 1. The lowest BCUT2D eigenvalue weighted by atomic mass is 10.1. The average molecular weight is 520 g/mol. The number of carbonyl (C=O) groups excluding carboxylic acids is 1. The van der Waals surface area contributed by atoms with Crippen LogP contribution in [0.3, 0.4) is 0 Å². The van der Waals surface area contributed by atoms with Crippen LogP contribution in [0.1, 0.15) is 25.3 Å². The van der Waals surface area contributed by atoms with Crippen molar-refractivity contribution in [3.63, 3.8) is 0 Å². The second-order valence-electron chi connectivity index (χ2n) is 9.27. The fraction of sp³-hybridized carbons (Fsp3) is 0.370. The van der Waals surface area contributed by atoms with Gasteiger partial charge in [-0.25, -0.2) is 14.4 Å². The highest BCUT2D eigenvalue weighted by atomic mass is 19.1. The van der Waals surface area contributed by atoms with E-state index in [2.05, 4.69) is 10.1 Å². The summed E-state index contributed by atoms with van der Waals surface area (Å²) >= 11 is 0. The van der Waals surface area contributed by atoms with Gasteiger partial charge < -0.3 is 19.6 Å². The Labute approximate surface area is 219 Å². The highest BCUT2D eigenvalue weighted by molar-refractivity contribution is 5.80. The Morgan fingerprint density at radius 2 is 2.08 bits per heavy atom. The quantitative estimate of drug-likeness (QED) is 0.359. The van der Waals surface area contributed by atoms with E-state index >= 15 is 4.39 Å². The lowest BCUT2D eigenvalue weighted by Gasteiger charge is -2.32. The highest BCUT2D eigenvalue weighted by Gasteiger charge is 2.33. The molecule has 3 aromatic heterocycles. The van der Waals surface area contributed by atoms with E-state index in [4.69, 9.17) is 14.7 Å². The van der Waals surface area contributed by atoms with Crippen molar-refractivity contribution in [3.05, 3.63) is 54.2 Å². The molecular formula is C27H30FN7O3. The van der Waals surface area contributed by atoms with Gasteiger partial charge in [-0.2, -0.15) is 5.10 Å². The smallest absolute Gasteiger partial charge is 0.223 e. The zero-order valence-electron chi connectivity index (χ0n) is 21.6. The van der Waals surface area contributed by atoms with E-state index in [-0.39, 0.29) is 37.4 Å². The van der Waals surface area contributed by atoms with Crippen molar-refractivity contribution in [2.45, 2.75) is 32.2 Å². The van der Waals surface area contributed by atoms with Gasteiger partial charge >= 0.3 is 0 Å². The molecule has 0 saturated carbocycles. The number of aliphatic hydroxyl groups is 1. The van der Waals surface area contributed by atoms with Crippen LogP contribution in [0, 0.1) is 5.82 Å². The van der Waals surface area contributed by atoms with Gasteiger partial charge in [0.25, 0.3) is 0 Å². The highest BCUT2D eigenvalue weighted by Crippen LogP contribution is 2.36. The van der Waals surface area contributed by atoms with E-state index in [1.165, 1.54) is 7.11 Å². The maximum atomic E-state index is 15.8. The number of hydrogen-bond acceptors (Lipinski definition) is 8. The maximum Gasteiger partial charge on any atom is 0.223 e. The lowest BCUT2D eigenvalue weighted by Crippen LogP contribution is -2.42. The Bertz CT molecular complexity index is 1470. The Balaban J connectivity index is 1.62. The first-order valence-corrected chi connectivity index (χ1v) is 12.6. The standard InChI is InChI=1S/C27H30FN7O3/c1-4-17-11-22(26(28)23(12-17)38-3)35(16-19-5-8-25(37)34(19)9-10-36)24-7-6-20-27(32-24)31-21(14-29-20)18-13-30-33(2)15-18/h6-7,11-15,19,36H,4-5,8-10,16H2,1-3H3. The molecule has 1 aliphatic heterocycles. The molecule has 1 unspecified atom stereocenters. The Kier molecular flexibility index (Phi) is 7.19. The van der Waals surface area contributed by atoms with Crippen LogP contribution in [-0.4, -0.2) is 73.5 Å². The number of halogens is 1. The number of pyridine rings is 1. The number of fused-ring (bicyclic) bond motifs is 1. The van der Waals surface area contributed by atoms with Gasteiger partial charge in [0.05, 0.1) is 43.5 Å². The number of ether oxygens (including phenoxy) is 1. The summed E-state index contributed by atoms with van der Waals surface area (Å²) in [4.78, 5) is 29.9. The number of methoxy groups -OCH3 is 1. The summed E-state index contributed by atoms with van der Waals surface area (Å²) in [5, 5.41) is 13.7. The topological polar surface area (TPSA) is 110 Å². The number of likely N-dealkylation sites (tertiary alicyclic amines) is 1. The molecule has 1 aliphatic rings. The number of aliphatic hydroxyl groups excluding tert-OH is 1. The van der Waals surface area contributed by atoms with Crippen molar-refractivity contribution < 1.29 is 19.0 Å². The zero-order chi connectivity index (χ0) is 26.8. The van der Waals surface area contributed by atoms with Gasteiger partial charge in [-0.05, 0) is 42.7 Å². The number of rotatable bonds is 9. The molecule has 1 aromatic carbocycles. The Morgan fingerprint density at radius 3 is 2.79 bits per heavy atom. The van der Waals surface area contributed by atoms with E-state index in [0.717, 1.165) is 11.1 Å². The summed E-state index contributed by atoms with van der Waals surface area (Å²) in [5.41, 5.74) is 3.63. The number of nitrogens with zero attached hydrogens (tertiary/aromatic N) is 7. The van der Waals surface area contributed by atoms with Crippen LogP contribution in [0.15, 0.2) is 42.9 Å². The molecule has 5 rings (SSSR count). The third-order valence-corrected chi connectivity index (χ3v) is 6.85. The molecule has 0 radical (unpaired) electrons. The Hall–Kier alpha value is -4.12. The fourth-order valence-electron chi connectivity index (χ4n) is 4.84. The molecule has 11 heteroatoms. The monoisotopic (exact) mass is 519 g/mol. The minimum absolute atomic E-state index is 0.0252. The average Bonchev–Trinajstić information content (AvgIpc) is 3.52. The normalized spacial score (nSPS) is 15.4. The van der Waals surface area contributed by atoms with Gasteiger partial charge in [0.2, 0.25) is 5.91 Å². The van der Waals surface area contributed by atoms with Gasteiger partial charge in [-0.1, -0.05) is 6.92 Å². The number of anilines is 2. The first-order valence-electron chi connectivity index (χ1n) is 12.6. The van der Waals surface area contributed by atoms with Crippen molar-refractivity contribution >= 4 is 28.6 Å². The first-order chi connectivity index (χ1) is 18.4. The molecule has 1 N–H and O–H groups in total. The summed E-state index contributed by atoms with van der Waals surface area (Å²) in [6.45, 7) is 2.36. The molecule has 10 nitrogen and oxygen atoms in total. The van der Waals surface area contributed by atoms with Crippen LogP contribution in [-0.2, 0) is 18.3 Å². The number of amides is 1. The van der Waals surface area contributed by atoms with Crippen LogP contribution in [0.5, 0.6) is 5.75 Å². The molecule has 0 bridgehead atoms. The molecule has 4 heterocycles. The molecule has 0 spiro atoms. The van der Waals surface area contributed by atoms with Crippen LogP contribution < -0.4 is 9.64 Å². The van der Waals surface area contributed by atoms with Crippen molar-refractivity contribution in [1.82, 2.24) is 29.6 Å². The molecular weight excluding hydrogens is 489 g/mol. The number of benzene rings is 1. The van der Waals surface area contributed by atoms with E-state index in [1.54, 1.807) is 51.1 Å². The third kappa shape index (κ3) is 4.89. The summed E-state index contributed by atoms with van der Waals surface area (Å²) < 4.78 is 22.8. The van der Waals surface area contributed by atoms with E-state index in [9.17, 15) is 9.90 Å². The van der Waals surface area contributed by atoms with Crippen LogP contribution in [0.25, 0.3) is 22.4 Å². The number of β-amino-alcohol motifs (C(OH)–C–C–N with tert-alkyl or cyclic N) is 1. The number of carbonyl (C=O) groups is 1. The van der Waals surface area contributed by atoms with Crippen molar-refractivity contribution in [2.24, 2.45) is 7.05 Å². The summed E-state index contributed by atoms with van der Waals surface area (Å²) in [6.07, 6.45) is 6.88. The first kappa shape index (κ1) is 25.5. The summed E-state index contributed by atoms with van der Waals surface area (Å²) in [7, 11) is 3.27. The fourth-order valence-corrected chi connectivity index (χ4v) is 4.84. The summed E-state index contributed by atoms with van der Waals surface area (Å²) in [6, 6.07) is 6.82. The largest absolute Gasteiger partial charge is 0.494 e. The molecule has 38 heavy (non-hydrogen) atoms. The van der Waals surface area contributed by atoms with Gasteiger partial charge in [-0.3, -0.25) is 14.5 Å². The number of aryl methyl sites for hydroxylation is 2. The van der Waals surface area contributed by atoms with Crippen LogP contribution >= 0.6 is 0 Å². The second-order valence-corrected chi connectivity index (χ2v) is 9.27. The van der Waals surface area contributed by atoms with Crippen LogP contribution in [0.2, 0.25) is 0 Å². The predicted octanol–water partition coefficient (Wildman–Crippen LogP) is 3.26. The predicted molar refractivity (Wildman–Crippen MR) is 141 cm³/mol. The van der Waals surface area contributed by atoms with E-state index in [1.807, 2.05) is 20.2 Å². The van der Waals surface area contributed by atoms with Gasteiger partial charge in [0.15, 0.2) is 17.2 Å². The SMILES string of the molecule is CCc1cc(OC)c(F)c(N(CC2CCC(=O)N2CCO)c2ccc3ncc(-c4cnn(C)c4)nc3n2)c1. The van der Waals surface area contributed by atoms with E-state index in [0.29, 0.717) is 47.6 Å². The zero-order valence-corrected chi connectivity index (χ0v) is 21.6. The van der Waals surface area contributed by atoms with Crippen LogP contribution in [0.4, 0.5) is 15.9 Å².